The van der Waals surface area contributed by atoms with Crippen LogP contribution < -0.4 is 15.6 Å². The summed E-state index contributed by atoms with van der Waals surface area (Å²) in [6.45, 7) is 2.21. The number of urea groups is 1. The number of alkyl halides is 3. The zero-order chi connectivity index (χ0) is 22.6. The lowest BCUT2D eigenvalue weighted by Gasteiger charge is -2.39. The fourth-order valence-electron chi connectivity index (χ4n) is 4.52. The number of halogens is 3. The number of methoxy groups -OCH3 is 1. The lowest BCUT2D eigenvalue weighted by molar-refractivity contribution is 0.108. The molecule has 4 rings (SSSR count). The van der Waals surface area contributed by atoms with E-state index in [2.05, 4.69) is 15.6 Å². The average Bonchev–Trinajstić information content (AvgIpc) is 3.11. The van der Waals surface area contributed by atoms with Gasteiger partial charge in [0.25, 0.3) is 6.43 Å². The normalized spacial score (nSPS) is 37.5. The number of amides is 2. The number of sulfonamides is 1. The van der Waals surface area contributed by atoms with E-state index < -0.39 is 62.4 Å². The molecule has 178 valence electrons. The van der Waals surface area contributed by atoms with Crippen LogP contribution in [0.2, 0.25) is 0 Å². The Morgan fingerprint density at radius 1 is 1.29 bits per heavy atom. The molecule has 0 aromatic carbocycles. The SMILES string of the molecule is COCCN1C(=O)N(C2NNC(C(F)F)S2)C2CC(S(=O)(=O)NC3(C)CC3)C(F)CC21. The highest BCUT2D eigenvalue weighted by Gasteiger charge is 2.57. The van der Waals surface area contributed by atoms with E-state index in [-0.39, 0.29) is 26.0 Å². The van der Waals surface area contributed by atoms with Crippen LogP contribution in [-0.4, -0.2) is 90.9 Å². The smallest absolute Gasteiger partial charge is 0.322 e. The Hall–Kier alpha value is -0.800. The topological polar surface area (TPSA) is 103 Å². The molecule has 3 N–H and O–H groups in total. The number of carbonyl (C=O) groups is 1. The molecule has 4 fully saturated rings. The van der Waals surface area contributed by atoms with Crippen molar-refractivity contribution in [2.75, 3.05) is 20.3 Å². The average molecular weight is 488 g/mol. The summed E-state index contributed by atoms with van der Waals surface area (Å²) in [5.74, 6) is 0. The minimum Gasteiger partial charge on any atom is -0.383 e. The van der Waals surface area contributed by atoms with Crippen LogP contribution in [0.25, 0.3) is 0 Å². The van der Waals surface area contributed by atoms with Crippen molar-refractivity contribution >= 4 is 27.8 Å². The van der Waals surface area contributed by atoms with Gasteiger partial charge in [-0.05, 0) is 26.2 Å². The van der Waals surface area contributed by atoms with E-state index in [0.717, 1.165) is 11.8 Å². The fraction of sp³-hybridized carbons (Fsp3) is 0.941. The largest absolute Gasteiger partial charge is 0.383 e. The lowest BCUT2D eigenvalue weighted by Crippen LogP contribution is -2.56. The molecule has 6 atom stereocenters. The molecule has 2 amide bonds. The molecule has 2 heterocycles. The van der Waals surface area contributed by atoms with Crippen LogP contribution >= 0.6 is 11.8 Å². The zero-order valence-electron chi connectivity index (χ0n) is 17.3. The maximum absolute atomic E-state index is 15.1. The first-order chi connectivity index (χ1) is 14.6. The number of thioether (sulfide) groups is 1. The van der Waals surface area contributed by atoms with Gasteiger partial charge < -0.3 is 9.64 Å². The van der Waals surface area contributed by atoms with E-state index in [1.807, 2.05) is 0 Å². The predicted octanol–water partition coefficient (Wildman–Crippen LogP) is 0.796. The maximum atomic E-state index is 15.1. The van der Waals surface area contributed by atoms with Crippen LogP contribution in [0.3, 0.4) is 0 Å². The second-order valence-corrected chi connectivity index (χ2v) is 11.9. The zero-order valence-corrected chi connectivity index (χ0v) is 18.9. The van der Waals surface area contributed by atoms with Gasteiger partial charge in [0.1, 0.15) is 22.3 Å². The Bertz CT molecular complexity index is 803. The van der Waals surface area contributed by atoms with Gasteiger partial charge in [0.05, 0.1) is 18.7 Å². The first-order valence-corrected chi connectivity index (χ1v) is 12.7. The van der Waals surface area contributed by atoms with Gasteiger partial charge in [-0.3, -0.25) is 4.90 Å². The molecular formula is C17H28F3N5O4S2. The molecule has 0 spiro atoms. The summed E-state index contributed by atoms with van der Waals surface area (Å²) in [4.78, 5) is 16.0. The van der Waals surface area contributed by atoms with Crippen molar-refractivity contribution in [1.29, 1.82) is 0 Å². The van der Waals surface area contributed by atoms with Crippen molar-refractivity contribution in [3.63, 3.8) is 0 Å². The van der Waals surface area contributed by atoms with Crippen LogP contribution in [-0.2, 0) is 14.8 Å². The number of ether oxygens (including phenoxy) is 1. The van der Waals surface area contributed by atoms with Crippen molar-refractivity contribution in [2.45, 2.75) is 78.9 Å². The third kappa shape index (κ3) is 4.51. The summed E-state index contributed by atoms with van der Waals surface area (Å²) in [7, 11) is -2.48. The number of nitrogens with one attached hydrogen (secondary N) is 3. The molecule has 9 nitrogen and oxygen atoms in total. The van der Waals surface area contributed by atoms with Crippen molar-refractivity contribution in [3.8, 4) is 0 Å². The third-order valence-electron chi connectivity index (χ3n) is 6.44. The molecule has 0 radical (unpaired) electrons. The van der Waals surface area contributed by atoms with E-state index >= 15 is 4.39 Å². The van der Waals surface area contributed by atoms with Gasteiger partial charge >= 0.3 is 6.03 Å². The van der Waals surface area contributed by atoms with Gasteiger partial charge in [-0.2, -0.15) is 0 Å². The number of hydrogen-bond donors (Lipinski definition) is 3. The van der Waals surface area contributed by atoms with Gasteiger partial charge in [0.15, 0.2) is 0 Å². The Morgan fingerprint density at radius 2 is 2.00 bits per heavy atom. The molecule has 0 bridgehead atoms. The second-order valence-electron chi connectivity index (χ2n) is 8.78. The summed E-state index contributed by atoms with van der Waals surface area (Å²) >= 11 is 0.847. The van der Waals surface area contributed by atoms with Gasteiger partial charge in [0, 0.05) is 25.6 Å². The Kier molecular flexibility index (Phi) is 6.42. The first kappa shape index (κ1) is 23.4. The molecule has 0 aromatic rings. The summed E-state index contributed by atoms with van der Waals surface area (Å²) < 4.78 is 74.9. The van der Waals surface area contributed by atoms with E-state index in [1.54, 1.807) is 6.92 Å². The molecule has 14 heteroatoms. The van der Waals surface area contributed by atoms with E-state index in [1.165, 1.54) is 16.9 Å². The van der Waals surface area contributed by atoms with E-state index in [4.69, 9.17) is 4.74 Å². The summed E-state index contributed by atoms with van der Waals surface area (Å²) in [6, 6.07) is -1.64. The van der Waals surface area contributed by atoms with Crippen LogP contribution in [0.4, 0.5) is 18.0 Å². The van der Waals surface area contributed by atoms with Crippen LogP contribution in [0.1, 0.15) is 32.6 Å². The van der Waals surface area contributed by atoms with Gasteiger partial charge in [-0.25, -0.2) is 42.0 Å². The lowest BCUT2D eigenvalue weighted by atomic mass is 9.88. The molecule has 2 saturated heterocycles. The highest BCUT2D eigenvalue weighted by atomic mass is 32.2. The second kappa shape index (κ2) is 8.52. The Balaban J connectivity index is 1.58. The number of carbonyl (C=O) groups excluding carboxylic acids is 1. The molecule has 2 aliphatic carbocycles. The van der Waals surface area contributed by atoms with Crippen LogP contribution in [0.5, 0.6) is 0 Å². The van der Waals surface area contributed by atoms with Gasteiger partial charge in [-0.15, -0.1) is 0 Å². The number of fused-ring (bicyclic) bond motifs is 1. The molecule has 0 aromatic heterocycles. The van der Waals surface area contributed by atoms with Crippen molar-refractivity contribution in [1.82, 2.24) is 25.4 Å². The van der Waals surface area contributed by atoms with Crippen LogP contribution in [0.15, 0.2) is 0 Å². The summed E-state index contributed by atoms with van der Waals surface area (Å²) in [5.41, 5.74) is 3.81. The number of rotatable bonds is 8. The summed E-state index contributed by atoms with van der Waals surface area (Å²) in [5, 5.41) is -2.52. The Labute approximate surface area is 183 Å². The van der Waals surface area contributed by atoms with Gasteiger partial charge in [-0.1, -0.05) is 11.8 Å². The predicted molar refractivity (Wildman–Crippen MR) is 108 cm³/mol. The van der Waals surface area contributed by atoms with Crippen molar-refractivity contribution in [3.05, 3.63) is 0 Å². The summed E-state index contributed by atoms with van der Waals surface area (Å²) in [6.07, 6.45) is -3.15. The number of nitrogens with zero attached hydrogens (tertiary/aromatic N) is 2. The Morgan fingerprint density at radius 3 is 2.58 bits per heavy atom. The molecule has 4 aliphatic rings. The quantitative estimate of drug-likeness (QED) is 0.465. The van der Waals surface area contributed by atoms with Crippen molar-refractivity contribution < 1.29 is 31.1 Å². The van der Waals surface area contributed by atoms with Gasteiger partial charge in [0.2, 0.25) is 10.0 Å². The number of hydrogen-bond acceptors (Lipinski definition) is 7. The highest BCUT2D eigenvalue weighted by Crippen LogP contribution is 2.43. The highest BCUT2D eigenvalue weighted by molar-refractivity contribution is 8.00. The minimum atomic E-state index is -3.96. The first-order valence-electron chi connectivity index (χ1n) is 10.3. The molecule has 6 unspecified atom stereocenters. The van der Waals surface area contributed by atoms with E-state index in [9.17, 15) is 22.0 Å². The minimum absolute atomic E-state index is 0.107. The standard InChI is InChI=1S/C17H28F3N5O4S2/c1-17(3-4-17)23-31(27,28)12-8-11-10(7-9(12)18)24(5-6-29-2)16(26)25(11)15-22-21-14(30-15)13(19)20/h9-15,21-23H,3-8H2,1-2H3. The van der Waals surface area contributed by atoms with Crippen molar-refractivity contribution in [2.24, 2.45) is 0 Å². The third-order valence-corrected chi connectivity index (χ3v) is 9.72. The van der Waals surface area contributed by atoms with E-state index in [0.29, 0.717) is 12.8 Å². The fourth-order valence-corrected chi connectivity index (χ4v) is 7.56. The monoisotopic (exact) mass is 487 g/mol. The molecule has 2 saturated carbocycles. The maximum Gasteiger partial charge on any atom is 0.322 e. The molecular weight excluding hydrogens is 459 g/mol. The number of hydrazine groups is 1. The molecule has 2 aliphatic heterocycles. The van der Waals surface area contributed by atoms with Crippen LogP contribution in [0, 0.1) is 0 Å². The molecule has 31 heavy (non-hydrogen) atoms.